The van der Waals surface area contributed by atoms with Gasteiger partial charge in [0.25, 0.3) is 0 Å². The summed E-state index contributed by atoms with van der Waals surface area (Å²) in [5.41, 5.74) is 0. The first-order chi connectivity index (χ1) is 14.6. The van der Waals surface area contributed by atoms with Crippen LogP contribution in [-0.4, -0.2) is 88.0 Å². The molecular weight excluding hydrogens is 461 g/mol. The predicted molar refractivity (Wildman–Crippen MR) is 97.7 cm³/mol. The number of hydrogen-bond donors (Lipinski definition) is 1. The van der Waals surface area contributed by atoms with E-state index in [0.29, 0.717) is 5.06 Å². The molecular formula is C16H20N5NaO9S. The fraction of sp³-hybridized carbons (Fsp3) is 0.562. The molecule has 0 radical (unpaired) electrons. The largest absolute Gasteiger partial charge is 1.00 e. The van der Waals surface area contributed by atoms with E-state index in [4.69, 9.17) is 4.74 Å². The third-order valence-electron chi connectivity index (χ3n) is 4.78. The third-order valence-corrected chi connectivity index (χ3v) is 5.12. The molecule has 0 aromatic carbocycles. The second-order valence-corrected chi connectivity index (χ2v) is 7.81. The Labute approximate surface area is 205 Å². The van der Waals surface area contributed by atoms with Gasteiger partial charge in [-0.15, -0.1) is 0 Å². The number of nitrogens with zero attached hydrogens (tertiary/aromatic N) is 4. The fourth-order valence-electron chi connectivity index (χ4n) is 3.47. The number of piperidine rings is 1. The van der Waals surface area contributed by atoms with Gasteiger partial charge < -0.3 is 24.1 Å². The Morgan fingerprint density at radius 3 is 2.69 bits per heavy atom. The Morgan fingerprint density at radius 1 is 1.31 bits per heavy atom. The van der Waals surface area contributed by atoms with Crippen molar-refractivity contribution in [1.29, 1.82) is 0 Å². The molecule has 2 atom stereocenters. The van der Waals surface area contributed by atoms with Gasteiger partial charge in [0.1, 0.15) is 6.04 Å². The molecule has 2 aliphatic rings. The molecule has 0 unspecified atom stereocenters. The van der Waals surface area contributed by atoms with Gasteiger partial charge in [0.2, 0.25) is 22.1 Å². The molecule has 0 spiro atoms. The van der Waals surface area contributed by atoms with Crippen LogP contribution in [0.5, 0.6) is 0 Å². The first-order valence-electron chi connectivity index (χ1n) is 9.33. The number of urea groups is 1. The van der Waals surface area contributed by atoms with Crippen molar-refractivity contribution in [3.05, 3.63) is 18.2 Å². The van der Waals surface area contributed by atoms with E-state index in [1.54, 1.807) is 6.92 Å². The number of Topliss-reactive ketones (excluding diaryl/α,β-unsaturated/α-hetero) is 1. The van der Waals surface area contributed by atoms with E-state index in [2.05, 4.69) is 14.6 Å². The van der Waals surface area contributed by atoms with Crippen molar-refractivity contribution in [3.63, 3.8) is 0 Å². The average Bonchev–Trinajstić information content (AvgIpc) is 3.24. The van der Waals surface area contributed by atoms with Gasteiger partial charge in [-0.2, -0.15) is 9.35 Å². The summed E-state index contributed by atoms with van der Waals surface area (Å²) in [5.74, 6) is -1.76. The molecule has 14 nitrogen and oxygen atoms in total. The van der Waals surface area contributed by atoms with Crippen LogP contribution in [0.4, 0.5) is 4.79 Å². The summed E-state index contributed by atoms with van der Waals surface area (Å²) in [5, 5.41) is 2.90. The van der Waals surface area contributed by atoms with E-state index in [9.17, 15) is 32.1 Å². The normalized spacial score (nSPS) is 20.0. The minimum Gasteiger partial charge on any atom is -0.724 e. The molecule has 3 heterocycles. The molecule has 0 saturated carbocycles. The fourth-order valence-corrected chi connectivity index (χ4v) is 3.85. The zero-order valence-electron chi connectivity index (χ0n) is 17.4. The smallest absolute Gasteiger partial charge is 0.724 e. The van der Waals surface area contributed by atoms with Crippen LogP contribution < -0.4 is 34.9 Å². The van der Waals surface area contributed by atoms with Crippen molar-refractivity contribution >= 4 is 34.1 Å². The van der Waals surface area contributed by atoms with E-state index < -0.39 is 46.2 Å². The van der Waals surface area contributed by atoms with E-state index in [-0.39, 0.29) is 74.5 Å². The van der Waals surface area contributed by atoms with Gasteiger partial charge in [-0.05, 0) is 19.8 Å². The minimum absolute atomic E-state index is 0. The number of imidazole rings is 1. The van der Waals surface area contributed by atoms with Crippen LogP contribution in [0.15, 0.2) is 12.4 Å². The number of esters is 1. The number of rotatable bonds is 9. The molecule has 2 fully saturated rings. The maximum Gasteiger partial charge on any atom is 1.00 e. The number of ether oxygens (including phenoxy) is 1. The average molecular weight is 481 g/mol. The van der Waals surface area contributed by atoms with Crippen molar-refractivity contribution in [2.24, 2.45) is 0 Å². The summed E-state index contributed by atoms with van der Waals surface area (Å²) >= 11 is 0. The summed E-state index contributed by atoms with van der Waals surface area (Å²) in [7, 11) is -5.13. The van der Waals surface area contributed by atoms with Crippen LogP contribution in [-0.2, 0) is 35.6 Å². The van der Waals surface area contributed by atoms with E-state index in [1.807, 2.05) is 0 Å². The molecule has 32 heavy (non-hydrogen) atoms. The van der Waals surface area contributed by atoms with Gasteiger partial charge in [0, 0.05) is 18.9 Å². The van der Waals surface area contributed by atoms with Crippen molar-refractivity contribution in [2.75, 3.05) is 19.7 Å². The van der Waals surface area contributed by atoms with Crippen molar-refractivity contribution in [2.45, 2.75) is 38.4 Å². The molecule has 16 heteroatoms. The maximum absolute atomic E-state index is 12.5. The van der Waals surface area contributed by atoms with Crippen LogP contribution in [0.2, 0.25) is 0 Å². The number of nitrogens with one attached hydrogen (secondary N) is 1. The number of amides is 3. The van der Waals surface area contributed by atoms with Crippen LogP contribution in [0, 0.1) is 0 Å². The molecule has 170 valence electrons. The summed E-state index contributed by atoms with van der Waals surface area (Å²) in [6, 6.07) is -2.52. The van der Waals surface area contributed by atoms with Gasteiger partial charge in [-0.3, -0.25) is 9.59 Å². The quantitative estimate of drug-likeness (QED) is 0.156. The Kier molecular flexibility index (Phi) is 8.78. The second-order valence-electron chi connectivity index (χ2n) is 6.85. The predicted octanol–water partition coefficient (Wildman–Crippen LogP) is -4.59. The molecule has 2 saturated heterocycles. The zero-order chi connectivity index (χ0) is 22.8. The third kappa shape index (κ3) is 6.05. The number of fused-ring (bicyclic) bond motifs is 2. The topological polar surface area (TPSA) is 180 Å². The molecule has 2 bridgehead atoms. The number of carbonyl (C=O) groups excluding carboxylic acids is 4. The van der Waals surface area contributed by atoms with Gasteiger partial charge in [-0.25, -0.2) is 23.0 Å². The molecule has 3 rings (SSSR count). The number of hydroxylamine groups is 2. The van der Waals surface area contributed by atoms with Gasteiger partial charge in [0.15, 0.2) is 5.78 Å². The number of hydrogen-bond acceptors (Lipinski definition) is 10. The number of aromatic nitrogens is 2. The summed E-state index contributed by atoms with van der Waals surface area (Å²) < 4.78 is 42.7. The first-order valence-corrected chi connectivity index (χ1v) is 10.7. The first kappa shape index (κ1) is 26.2. The SMILES string of the molecule is CCOC(=O)c1nccn1CC(=O)CNC(=O)[C@@H]1CC[C@@H]2CN1C(=O)N2OS(=O)(=O)[O-].[Na+]. The Morgan fingerprint density at radius 2 is 2.03 bits per heavy atom. The van der Waals surface area contributed by atoms with E-state index >= 15 is 0 Å². The molecule has 1 N–H and O–H groups in total. The number of carbonyl (C=O) groups is 4. The molecule has 1 aromatic rings. The van der Waals surface area contributed by atoms with Gasteiger partial charge >= 0.3 is 41.6 Å². The standard InChI is InChI=1S/C16H21N5O9S.Na/c1-2-29-15(24)13-17-5-6-19(13)9-11(22)7-18-14(23)12-4-3-10-8-20(12)16(25)21(10)30-31(26,27)28;/h5-6,10,12H,2-4,7-9H2,1H3,(H,18,23)(H,26,27,28);/q;+1/p-1/t10-,12+;/m1./s1. The summed E-state index contributed by atoms with van der Waals surface area (Å²) in [6.45, 7) is 1.20. The van der Waals surface area contributed by atoms with Crippen LogP contribution in [0.1, 0.15) is 30.4 Å². The monoisotopic (exact) mass is 481 g/mol. The Balaban J connectivity index is 0.00000363. The molecule has 1 aromatic heterocycles. The van der Waals surface area contributed by atoms with Crippen molar-refractivity contribution < 1.29 is 70.7 Å². The number of ketones is 1. The molecule has 2 aliphatic heterocycles. The van der Waals surface area contributed by atoms with Crippen LogP contribution in [0.3, 0.4) is 0 Å². The van der Waals surface area contributed by atoms with Crippen molar-refractivity contribution in [3.8, 4) is 0 Å². The summed E-state index contributed by atoms with van der Waals surface area (Å²) in [6.07, 6.45) is 3.20. The van der Waals surface area contributed by atoms with Crippen LogP contribution >= 0.6 is 0 Å². The van der Waals surface area contributed by atoms with E-state index in [1.165, 1.54) is 17.0 Å². The maximum atomic E-state index is 12.5. The van der Waals surface area contributed by atoms with E-state index in [0.717, 1.165) is 4.90 Å². The van der Waals surface area contributed by atoms with Gasteiger partial charge in [0.05, 0.1) is 25.7 Å². The minimum atomic E-state index is -5.13. The summed E-state index contributed by atoms with van der Waals surface area (Å²) in [4.78, 5) is 53.8. The second kappa shape index (κ2) is 10.7. The van der Waals surface area contributed by atoms with Crippen LogP contribution in [0.25, 0.3) is 0 Å². The Bertz CT molecular complexity index is 998. The van der Waals surface area contributed by atoms with Gasteiger partial charge in [-0.1, -0.05) is 0 Å². The van der Waals surface area contributed by atoms with Crippen molar-refractivity contribution in [1.82, 2.24) is 24.8 Å². The Hall–Kier alpha value is -2.04. The zero-order valence-corrected chi connectivity index (χ0v) is 20.2. The molecule has 0 aliphatic carbocycles. The molecule has 3 amide bonds.